The lowest BCUT2D eigenvalue weighted by atomic mass is 9.95. The highest BCUT2D eigenvalue weighted by Gasteiger charge is 2.33. The Morgan fingerprint density at radius 3 is 2.55 bits per heavy atom. The topological polar surface area (TPSA) is 145 Å². The number of benzene rings is 2. The van der Waals surface area contributed by atoms with Crippen molar-refractivity contribution in [2.45, 2.75) is 37.5 Å². The molecule has 0 radical (unpaired) electrons. The SMILES string of the molecule is COC(=O)c1c(NC(=O)CN(c2cc(Cl)ccc2OC)S(=O)(=O)c2ccc(C)c([N+](=O)[O-])c2)sc2c1CCCC2. The average molecular weight is 608 g/mol. The van der Waals surface area contributed by atoms with Gasteiger partial charge in [0.25, 0.3) is 15.7 Å². The third-order valence-electron chi connectivity index (χ3n) is 6.48. The smallest absolute Gasteiger partial charge is 0.341 e. The van der Waals surface area contributed by atoms with Crippen molar-refractivity contribution in [1.82, 2.24) is 0 Å². The van der Waals surface area contributed by atoms with Crippen LogP contribution in [0, 0.1) is 17.0 Å². The van der Waals surface area contributed by atoms with Crippen molar-refractivity contribution >= 4 is 61.2 Å². The van der Waals surface area contributed by atoms with E-state index in [2.05, 4.69) is 5.32 Å². The first-order valence-electron chi connectivity index (χ1n) is 12.1. The molecule has 0 fully saturated rings. The standard InChI is InChI=1S/C26H26ClN3O8S2/c1-15-8-10-17(13-19(15)30(33)34)40(35,36)29(20-12-16(27)9-11-21(20)37-2)14-23(31)28-25-24(26(32)38-3)18-6-4-5-7-22(18)39-25/h8-13H,4-7,14H2,1-3H3,(H,28,31). The zero-order chi connectivity index (χ0) is 29.2. The summed E-state index contributed by atoms with van der Waals surface area (Å²) < 4.78 is 38.9. The molecule has 14 heteroatoms. The normalized spacial score (nSPS) is 12.8. The van der Waals surface area contributed by atoms with Crippen molar-refractivity contribution in [3.05, 3.63) is 73.1 Å². The van der Waals surface area contributed by atoms with Crippen molar-refractivity contribution in [1.29, 1.82) is 0 Å². The number of aryl methyl sites for hydroxylation is 2. The van der Waals surface area contributed by atoms with Gasteiger partial charge in [-0.2, -0.15) is 0 Å². The van der Waals surface area contributed by atoms with E-state index < -0.39 is 44.0 Å². The molecular formula is C26H26ClN3O8S2. The van der Waals surface area contributed by atoms with Crippen LogP contribution < -0.4 is 14.4 Å². The minimum absolute atomic E-state index is 0.0490. The van der Waals surface area contributed by atoms with Crippen LogP contribution in [0.2, 0.25) is 5.02 Å². The van der Waals surface area contributed by atoms with Gasteiger partial charge in [0, 0.05) is 21.5 Å². The zero-order valence-electron chi connectivity index (χ0n) is 21.9. The molecule has 0 saturated heterocycles. The summed E-state index contributed by atoms with van der Waals surface area (Å²) in [6.45, 7) is 0.739. The second-order valence-electron chi connectivity index (χ2n) is 8.99. The molecule has 3 aromatic rings. The predicted molar refractivity (Wildman–Crippen MR) is 151 cm³/mol. The molecule has 0 atom stereocenters. The van der Waals surface area contributed by atoms with E-state index in [1.165, 1.54) is 62.8 Å². The number of nitro benzene ring substituents is 1. The van der Waals surface area contributed by atoms with Crippen LogP contribution in [0.3, 0.4) is 0 Å². The molecule has 40 heavy (non-hydrogen) atoms. The summed E-state index contributed by atoms with van der Waals surface area (Å²) in [6, 6.07) is 7.73. The number of hydrogen-bond donors (Lipinski definition) is 1. The van der Waals surface area contributed by atoms with Gasteiger partial charge in [0.1, 0.15) is 17.3 Å². The number of halogens is 1. The second-order valence-corrected chi connectivity index (χ2v) is 12.4. The van der Waals surface area contributed by atoms with E-state index in [1.54, 1.807) is 0 Å². The fourth-order valence-corrected chi connectivity index (χ4v) is 7.40. The van der Waals surface area contributed by atoms with Gasteiger partial charge in [-0.15, -0.1) is 11.3 Å². The largest absolute Gasteiger partial charge is 0.495 e. The van der Waals surface area contributed by atoms with E-state index in [0.717, 1.165) is 40.1 Å². The van der Waals surface area contributed by atoms with E-state index in [-0.39, 0.29) is 32.6 Å². The number of nitrogens with one attached hydrogen (secondary N) is 1. The number of methoxy groups -OCH3 is 2. The van der Waals surface area contributed by atoms with Gasteiger partial charge in [-0.1, -0.05) is 17.7 Å². The number of carbonyl (C=O) groups is 2. The zero-order valence-corrected chi connectivity index (χ0v) is 24.2. The lowest BCUT2D eigenvalue weighted by Gasteiger charge is -2.26. The number of nitrogens with zero attached hydrogens (tertiary/aromatic N) is 2. The summed E-state index contributed by atoms with van der Waals surface area (Å²) >= 11 is 7.44. The number of rotatable bonds is 9. The van der Waals surface area contributed by atoms with Gasteiger partial charge >= 0.3 is 5.97 Å². The number of nitro groups is 1. The summed E-state index contributed by atoms with van der Waals surface area (Å²) in [6.07, 6.45) is 3.26. The first-order valence-corrected chi connectivity index (χ1v) is 14.8. The molecule has 0 aliphatic heterocycles. The summed E-state index contributed by atoms with van der Waals surface area (Å²) in [5.41, 5.74) is 0.916. The first-order chi connectivity index (χ1) is 19.0. The molecular weight excluding hydrogens is 582 g/mol. The molecule has 11 nitrogen and oxygen atoms in total. The van der Waals surface area contributed by atoms with Crippen molar-refractivity contribution in [2.75, 3.05) is 30.4 Å². The maximum atomic E-state index is 13.9. The minimum atomic E-state index is -4.56. The van der Waals surface area contributed by atoms with Gasteiger partial charge in [0.2, 0.25) is 5.91 Å². The molecule has 0 unspecified atom stereocenters. The third kappa shape index (κ3) is 5.76. The number of fused-ring (bicyclic) bond motifs is 1. The number of anilines is 2. The number of carbonyl (C=O) groups excluding carboxylic acids is 2. The number of amides is 1. The van der Waals surface area contributed by atoms with E-state index in [4.69, 9.17) is 21.1 Å². The number of esters is 1. The van der Waals surface area contributed by atoms with Gasteiger partial charge < -0.3 is 14.8 Å². The summed E-state index contributed by atoms with van der Waals surface area (Å²) in [5.74, 6) is -1.25. The van der Waals surface area contributed by atoms with Gasteiger partial charge in [-0.05, 0) is 62.4 Å². The highest BCUT2D eigenvalue weighted by Crippen LogP contribution is 2.39. The van der Waals surface area contributed by atoms with Gasteiger partial charge in [0.15, 0.2) is 0 Å². The maximum absolute atomic E-state index is 13.9. The molecule has 1 N–H and O–H groups in total. The number of sulfonamides is 1. The van der Waals surface area contributed by atoms with Gasteiger partial charge in [-0.3, -0.25) is 19.2 Å². The summed E-state index contributed by atoms with van der Waals surface area (Å²) in [4.78, 5) is 37.4. The maximum Gasteiger partial charge on any atom is 0.341 e. The molecule has 0 spiro atoms. The predicted octanol–water partition coefficient (Wildman–Crippen LogP) is 5.13. The Morgan fingerprint density at radius 1 is 1.15 bits per heavy atom. The highest BCUT2D eigenvalue weighted by atomic mass is 35.5. The summed E-state index contributed by atoms with van der Waals surface area (Å²) in [7, 11) is -1.98. The van der Waals surface area contributed by atoms with Crippen LogP contribution in [0.1, 0.15) is 39.2 Å². The Kier molecular flexibility index (Phi) is 8.66. The van der Waals surface area contributed by atoms with Crippen LogP contribution in [0.15, 0.2) is 41.3 Å². The van der Waals surface area contributed by atoms with Gasteiger partial charge in [0.05, 0.1) is 35.3 Å². The van der Waals surface area contributed by atoms with E-state index in [1.807, 2.05) is 0 Å². The lowest BCUT2D eigenvalue weighted by Crippen LogP contribution is -2.38. The number of hydrogen-bond acceptors (Lipinski definition) is 9. The fourth-order valence-electron chi connectivity index (χ4n) is 4.50. The van der Waals surface area contributed by atoms with Crippen LogP contribution in [0.25, 0.3) is 0 Å². The van der Waals surface area contributed by atoms with Crippen molar-refractivity contribution in [2.24, 2.45) is 0 Å². The molecule has 0 saturated carbocycles. The molecule has 1 aliphatic carbocycles. The quantitative estimate of drug-likeness (QED) is 0.200. The highest BCUT2D eigenvalue weighted by molar-refractivity contribution is 7.92. The Balaban J connectivity index is 1.78. The monoisotopic (exact) mass is 607 g/mol. The van der Waals surface area contributed by atoms with Crippen LogP contribution in [0.5, 0.6) is 5.75 Å². The Labute approximate surface area is 239 Å². The molecule has 4 rings (SSSR count). The molecule has 212 valence electrons. The van der Waals surface area contributed by atoms with Crippen LogP contribution in [0.4, 0.5) is 16.4 Å². The van der Waals surface area contributed by atoms with Crippen molar-refractivity contribution in [3.63, 3.8) is 0 Å². The van der Waals surface area contributed by atoms with Crippen molar-refractivity contribution < 1.29 is 32.4 Å². The lowest BCUT2D eigenvalue weighted by molar-refractivity contribution is -0.385. The van der Waals surface area contributed by atoms with E-state index in [9.17, 15) is 28.1 Å². The van der Waals surface area contributed by atoms with Crippen molar-refractivity contribution in [3.8, 4) is 5.75 Å². The van der Waals surface area contributed by atoms with Crippen LogP contribution in [-0.4, -0.2) is 46.0 Å². The molecule has 1 aromatic heterocycles. The second kappa shape index (κ2) is 11.8. The molecule has 1 heterocycles. The fraction of sp³-hybridized carbons (Fsp3) is 0.308. The Hall–Kier alpha value is -3.68. The number of ether oxygens (including phenoxy) is 2. The minimum Gasteiger partial charge on any atom is -0.495 e. The first kappa shape index (κ1) is 29.3. The molecule has 1 aliphatic rings. The number of thiophene rings is 1. The summed E-state index contributed by atoms with van der Waals surface area (Å²) in [5, 5.41) is 14.6. The third-order valence-corrected chi connectivity index (χ3v) is 9.67. The van der Waals surface area contributed by atoms with Gasteiger partial charge in [-0.25, -0.2) is 13.2 Å². The van der Waals surface area contributed by atoms with E-state index in [0.29, 0.717) is 6.42 Å². The Bertz CT molecular complexity index is 1600. The molecule has 0 bridgehead atoms. The average Bonchev–Trinajstić information content (AvgIpc) is 3.28. The molecule has 2 aromatic carbocycles. The van der Waals surface area contributed by atoms with Crippen LogP contribution >= 0.6 is 22.9 Å². The Morgan fingerprint density at radius 2 is 1.88 bits per heavy atom. The van der Waals surface area contributed by atoms with Crippen LogP contribution in [-0.2, 0) is 32.4 Å². The molecule has 1 amide bonds. The van der Waals surface area contributed by atoms with E-state index >= 15 is 0 Å².